The van der Waals surface area contributed by atoms with Crippen LogP contribution in [-0.4, -0.2) is 107 Å². The summed E-state index contributed by atoms with van der Waals surface area (Å²) in [5.41, 5.74) is 0. The van der Waals surface area contributed by atoms with Gasteiger partial charge in [0.1, 0.15) is 13.2 Å². The summed E-state index contributed by atoms with van der Waals surface area (Å²) in [5, 5.41) is 0. The van der Waals surface area contributed by atoms with E-state index in [0.717, 1.165) is 12.8 Å². The molecule has 6 aliphatic rings. The number of amides is 2. The predicted octanol–water partition coefficient (Wildman–Crippen LogP) is 4.18. The first-order chi connectivity index (χ1) is 17.4. The fourth-order valence-corrected chi connectivity index (χ4v) is 7.86. The zero-order valence-corrected chi connectivity index (χ0v) is 22.9. The van der Waals surface area contributed by atoms with Crippen LogP contribution in [-0.2, 0) is 9.47 Å². The van der Waals surface area contributed by atoms with Gasteiger partial charge in [0.05, 0.1) is 24.2 Å². The number of nitrogens with zero attached hydrogens (tertiary/aromatic N) is 4. The molecule has 6 saturated heterocycles. The van der Waals surface area contributed by atoms with Crippen molar-refractivity contribution in [3.05, 3.63) is 0 Å². The van der Waals surface area contributed by atoms with E-state index in [-0.39, 0.29) is 24.3 Å². The zero-order valence-electron chi connectivity index (χ0n) is 22.9. The van der Waals surface area contributed by atoms with Gasteiger partial charge >= 0.3 is 12.2 Å². The molecule has 0 bridgehead atoms. The van der Waals surface area contributed by atoms with Crippen LogP contribution in [0.15, 0.2) is 0 Å². The fraction of sp³-hybridized carbons (Fsp3) is 0.929. The van der Waals surface area contributed by atoms with E-state index in [0.29, 0.717) is 49.2 Å². The van der Waals surface area contributed by atoms with E-state index in [2.05, 4.69) is 47.3 Å². The van der Waals surface area contributed by atoms with Gasteiger partial charge in [-0.1, -0.05) is 27.7 Å². The van der Waals surface area contributed by atoms with Gasteiger partial charge in [-0.25, -0.2) is 9.59 Å². The Morgan fingerprint density at radius 2 is 0.917 bits per heavy atom. The SMILES string of the molecule is CC(C)[C@H]1COC(=O)N1[C@H]1CCCN2CCC[C@H]12.CC(C)[C@H]1COC(=O)N1[C@H]1CCCN2CCC[C@H]12. The van der Waals surface area contributed by atoms with Crippen LogP contribution >= 0.6 is 0 Å². The van der Waals surface area contributed by atoms with E-state index in [1.54, 1.807) is 0 Å². The number of piperidine rings is 2. The van der Waals surface area contributed by atoms with Crippen LogP contribution in [0, 0.1) is 11.8 Å². The van der Waals surface area contributed by atoms with Gasteiger partial charge in [0.15, 0.2) is 0 Å². The second kappa shape index (κ2) is 11.1. The third-order valence-corrected chi connectivity index (χ3v) is 9.75. The van der Waals surface area contributed by atoms with Gasteiger partial charge in [-0.2, -0.15) is 0 Å². The summed E-state index contributed by atoms with van der Waals surface area (Å²) in [6.45, 7) is 14.8. The lowest BCUT2D eigenvalue weighted by molar-refractivity contribution is 0.0623. The minimum absolute atomic E-state index is 0.0764. The van der Waals surface area contributed by atoms with E-state index in [4.69, 9.17) is 9.47 Å². The van der Waals surface area contributed by atoms with Crippen LogP contribution in [0.3, 0.4) is 0 Å². The van der Waals surface area contributed by atoms with Crippen LogP contribution in [0.2, 0.25) is 0 Å². The normalized spacial score (nSPS) is 37.2. The van der Waals surface area contributed by atoms with Crippen molar-refractivity contribution in [2.45, 2.75) is 115 Å². The molecular weight excluding hydrogens is 456 g/mol. The monoisotopic (exact) mass is 504 g/mol. The van der Waals surface area contributed by atoms with Crippen molar-refractivity contribution in [1.82, 2.24) is 19.6 Å². The van der Waals surface area contributed by atoms with Crippen molar-refractivity contribution in [3.8, 4) is 0 Å². The Morgan fingerprint density at radius 3 is 1.25 bits per heavy atom. The molecule has 0 aromatic rings. The Bertz CT molecular complexity index is 728. The maximum atomic E-state index is 12.1. The maximum absolute atomic E-state index is 12.1. The highest BCUT2D eigenvalue weighted by Crippen LogP contribution is 2.36. The molecule has 8 heteroatoms. The first-order valence-electron chi connectivity index (χ1n) is 14.7. The summed E-state index contributed by atoms with van der Waals surface area (Å²) in [4.78, 5) is 33.4. The third kappa shape index (κ3) is 4.96. The smallest absolute Gasteiger partial charge is 0.410 e. The number of fused-ring (bicyclic) bond motifs is 2. The standard InChI is InChI=1S/2C14H24N2O2/c2*1-10(2)13-9-18-14(17)16(13)12-6-4-8-15-7-3-5-11(12)15/h2*10-13H,3-9H2,1-2H3/t2*11-,12+,13-/m11/s1. The molecule has 6 fully saturated rings. The Labute approximate surface area is 217 Å². The van der Waals surface area contributed by atoms with Crippen LogP contribution in [0.5, 0.6) is 0 Å². The first kappa shape index (κ1) is 26.1. The van der Waals surface area contributed by atoms with Gasteiger partial charge in [0.25, 0.3) is 0 Å². The minimum atomic E-state index is -0.0764. The average molecular weight is 505 g/mol. The highest BCUT2D eigenvalue weighted by atomic mass is 16.6. The van der Waals surface area contributed by atoms with Crippen molar-refractivity contribution in [2.24, 2.45) is 11.8 Å². The molecule has 2 amide bonds. The molecule has 36 heavy (non-hydrogen) atoms. The molecule has 6 atom stereocenters. The summed E-state index contributed by atoms with van der Waals surface area (Å²) in [5.74, 6) is 0.960. The molecule has 6 aliphatic heterocycles. The second-order valence-electron chi connectivity index (χ2n) is 12.5. The third-order valence-electron chi connectivity index (χ3n) is 9.75. The molecule has 0 N–H and O–H groups in total. The number of cyclic esters (lactones) is 2. The van der Waals surface area contributed by atoms with Crippen LogP contribution in [0.4, 0.5) is 9.59 Å². The Hall–Kier alpha value is -1.54. The number of carbonyl (C=O) groups excluding carboxylic acids is 2. The van der Waals surface area contributed by atoms with Crippen molar-refractivity contribution >= 4 is 12.2 Å². The average Bonchev–Trinajstić information content (AvgIpc) is 3.64. The molecule has 6 rings (SSSR count). The number of hydrogen-bond acceptors (Lipinski definition) is 6. The van der Waals surface area contributed by atoms with E-state index in [1.165, 1.54) is 64.7 Å². The van der Waals surface area contributed by atoms with E-state index >= 15 is 0 Å². The number of hydrogen-bond donors (Lipinski definition) is 0. The van der Waals surface area contributed by atoms with E-state index < -0.39 is 0 Å². The predicted molar refractivity (Wildman–Crippen MR) is 139 cm³/mol. The van der Waals surface area contributed by atoms with Crippen LogP contribution < -0.4 is 0 Å². The zero-order chi connectivity index (χ0) is 25.4. The molecule has 0 aromatic heterocycles. The van der Waals surface area contributed by atoms with E-state index in [9.17, 15) is 9.59 Å². The molecule has 0 radical (unpaired) electrons. The van der Waals surface area contributed by atoms with Crippen molar-refractivity contribution in [1.29, 1.82) is 0 Å². The second-order valence-corrected chi connectivity index (χ2v) is 12.5. The topological polar surface area (TPSA) is 65.6 Å². The lowest BCUT2D eigenvalue weighted by Crippen LogP contribution is -2.56. The van der Waals surface area contributed by atoms with Gasteiger partial charge in [0.2, 0.25) is 0 Å². The molecule has 0 aliphatic carbocycles. The highest BCUT2D eigenvalue weighted by molar-refractivity contribution is 5.71. The Kier molecular flexibility index (Phi) is 8.01. The number of carbonyl (C=O) groups is 2. The number of ether oxygens (including phenoxy) is 2. The highest BCUT2D eigenvalue weighted by Gasteiger charge is 2.47. The summed E-state index contributed by atoms with van der Waals surface area (Å²) in [6.07, 6.45) is 9.66. The van der Waals surface area contributed by atoms with Gasteiger partial charge < -0.3 is 9.47 Å². The van der Waals surface area contributed by atoms with Crippen molar-refractivity contribution in [3.63, 3.8) is 0 Å². The molecule has 0 saturated carbocycles. The maximum Gasteiger partial charge on any atom is 0.410 e. The van der Waals surface area contributed by atoms with Gasteiger partial charge in [-0.05, 0) is 89.4 Å². The molecule has 0 spiro atoms. The van der Waals surface area contributed by atoms with Crippen LogP contribution in [0.25, 0.3) is 0 Å². The lowest BCUT2D eigenvalue weighted by atomic mass is 9.92. The Balaban J connectivity index is 0.000000148. The summed E-state index contributed by atoms with van der Waals surface area (Å²) >= 11 is 0. The lowest BCUT2D eigenvalue weighted by Gasteiger charge is -2.43. The molecule has 0 aromatic carbocycles. The molecule has 0 unspecified atom stereocenters. The van der Waals surface area contributed by atoms with Crippen LogP contribution in [0.1, 0.15) is 79.1 Å². The summed E-state index contributed by atoms with van der Waals surface area (Å²) in [7, 11) is 0. The quantitative estimate of drug-likeness (QED) is 0.572. The largest absolute Gasteiger partial charge is 0.447 e. The minimum Gasteiger partial charge on any atom is -0.447 e. The molecule has 204 valence electrons. The molecule has 8 nitrogen and oxygen atoms in total. The Morgan fingerprint density at radius 1 is 0.583 bits per heavy atom. The van der Waals surface area contributed by atoms with Crippen molar-refractivity contribution in [2.75, 3.05) is 39.4 Å². The first-order valence-corrected chi connectivity index (χ1v) is 14.7. The van der Waals surface area contributed by atoms with Gasteiger partial charge in [-0.15, -0.1) is 0 Å². The van der Waals surface area contributed by atoms with Crippen molar-refractivity contribution < 1.29 is 19.1 Å². The van der Waals surface area contributed by atoms with Gasteiger partial charge in [0, 0.05) is 12.1 Å². The summed E-state index contributed by atoms with van der Waals surface area (Å²) < 4.78 is 10.6. The van der Waals surface area contributed by atoms with Gasteiger partial charge in [-0.3, -0.25) is 19.6 Å². The van der Waals surface area contributed by atoms with E-state index in [1.807, 2.05) is 0 Å². The fourth-order valence-electron chi connectivity index (χ4n) is 7.86. The molecular formula is C28H48N4O4. The molecule has 6 heterocycles. The summed E-state index contributed by atoms with van der Waals surface area (Å²) in [6, 6.07) is 2.52. The number of rotatable bonds is 4.